The lowest BCUT2D eigenvalue weighted by molar-refractivity contribution is -0.119. The van der Waals surface area contributed by atoms with E-state index < -0.39 is 0 Å². The van der Waals surface area contributed by atoms with E-state index in [4.69, 9.17) is 0 Å². The number of nitrogens with one attached hydrogen (secondary N) is 1. The zero-order valence-electron chi connectivity index (χ0n) is 10.3. The molecule has 1 saturated heterocycles. The molecule has 1 fully saturated rings. The number of hydrogen-bond donors (Lipinski definition) is 1. The summed E-state index contributed by atoms with van der Waals surface area (Å²) in [6, 6.07) is 3.85. The highest BCUT2D eigenvalue weighted by molar-refractivity contribution is 9.10. The largest absolute Gasteiger partial charge is 0.360 e. The van der Waals surface area contributed by atoms with E-state index in [9.17, 15) is 4.79 Å². The van der Waals surface area contributed by atoms with E-state index in [0.29, 0.717) is 6.54 Å². The Morgan fingerprint density at radius 3 is 3.16 bits per heavy atom. The average Bonchev–Trinajstić information content (AvgIpc) is 2.62. The third-order valence-corrected chi connectivity index (χ3v) is 3.56. The lowest BCUT2D eigenvalue weighted by Gasteiger charge is -2.22. The van der Waals surface area contributed by atoms with Crippen molar-refractivity contribution in [3.05, 3.63) is 29.0 Å². The molecular weight excluding hydrogens is 308 g/mol. The summed E-state index contributed by atoms with van der Waals surface area (Å²) in [7, 11) is 0. The Kier molecular flexibility index (Phi) is 3.33. The van der Waals surface area contributed by atoms with Gasteiger partial charge in [0.15, 0.2) is 0 Å². The Morgan fingerprint density at radius 2 is 2.26 bits per heavy atom. The highest BCUT2D eigenvalue weighted by atomic mass is 79.9. The van der Waals surface area contributed by atoms with Crippen LogP contribution in [-0.4, -0.2) is 35.5 Å². The third-order valence-electron chi connectivity index (χ3n) is 3.12. The van der Waals surface area contributed by atoms with Crippen molar-refractivity contribution in [2.24, 2.45) is 0 Å². The van der Waals surface area contributed by atoms with Gasteiger partial charge in [0, 0.05) is 30.0 Å². The number of carbonyl (C=O) groups is 1. The summed E-state index contributed by atoms with van der Waals surface area (Å²) >= 11 is 3.39. The van der Waals surface area contributed by atoms with Crippen molar-refractivity contribution < 1.29 is 4.79 Å². The fraction of sp³-hybridized carbons (Fsp3) is 0.308. The smallest absolute Gasteiger partial charge is 0.239 e. The van der Waals surface area contributed by atoms with Crippen LogP contribution in [0.2, 0.25) is 0 Å². The molecule has 0 unspecified atom stereocenters. The lowest BCUT2D eigenvalue weighted by atomic mass is 10.2. The average molecular weight is 321 g/mol. The molecule has 0 radical (unpaired) electrons. The maximum atomic E-state index is 11.7. The molecule has 1 N–H and O–H groups in total. The van der Waals surface area contributed by atoms with Crippen molar-refractivity contribution >= 4 is 38.6 Å². The summed E-state index contributed by atoms with van der Waals surface area (Å²) in [5, 5.41) is 2.88. The van der Waals surface area contributed by atoms with Crippen molar-refractivity contribution in [2.45, 2.75) is 6.42 Å². The highest BCUT2D eigenvalue weighted by Gasteiger charge is 2.17. The molecule has 6 heteroatoms. The summed E-state index contributed by atoms with van der Waals surface area (Å²) in [6.45, 7) is 1.95. The summed E-state index contributed by atoms with van der Waals surface area (Å²) in [6.07, 6.45) is 4.45. The zero-order valence-corrected chi connectivity index (χ0v) is 11.9. The minimum absolute atomic E-state index is 0.0552. The van der Waals surface area contributed by atoms with Crippen molar-refractivity contribution in [1.29, 1.82) is 0 Å². The van der Waals surface area contributed by atoms with Gasteiger partial charge in [0.1, 0.15) is 5.52 Å². The maximum Gasteiger partial charge on any atom is 0.239 e. The molecule has 1 aliphatic rings. The predicted molar refractivity (Wildman–Crippen MR) is 77.1 cm³/mol. The lowest BCUT2D eigenvalue weighted by Crippen LogP contribution is -2.33. The molecule has 0 aliphatic carbocycles. The van der Waals surface area contributed by atoms with Crippen LogP contribution in [0.1, 0.15) is 6.42 Å². The second-order valence-electron chi connectivity index (χ2n) is 4.48. The van der Waals surface area contributed by atoms with Gasteiger partial charge in [-0.25, -0.2) is 0 Å². The van der Waals surface area contributed by atoms with Crippen LogP contribution in [0.4, 0.5) is 5.69 Å². The zero-order chi connectivity index (χ0) is 13.2. The number of amides is 1. The summed E-state index contributed by atoms with van der Waals surface area (Å²) in [5.74, 6) is 0.0552. The fourth-order valence-corrected chi connectivity index (χ4v) is 2.58. The van der Waals surface area contributed by atoms with Gasteiger partial charge in [-0.2, -0.15) is 0 Å². The van der Waals surface area contributed by atoms with Crippen LogP contribution in [0, 0.1) is 0 Å². The number of anilines is 1. The van der Waals surface area contributed by atoms with Crippen LogP contribution >= 0.6 is 15.9 Å². The van der Waals surface area contributed by atoms with Gasteiger partial charge in [-0.1, -0.05) is 0 Å². The molecular formula is C13H13BrN4O. The van der Waals surface area contributed by atoms with E-state index in [-0.39, 0.29) is 5.91 Å². The maximum absolute atomic E-state index is 11.7. The molecule has 2 aromatic heterocycles. The summed E-state index contributed by atoms with van der Waals surface area (Å²) in [4.78, 5) is 22.5. The third kappa shape index (κ3) is 2.53. The topological polar surface area (TPSA) is 58.1 Å². The van der Waals surface area contributed by atoms with Gasteiger partial charge in [0.05, 0.1) is 17.7 Å². The van der Waals surface area contributed by atoms with E-state index in [2.05, 4.69) is 36.1 Å². The number of rotatable bonds is 1. The van der Waals surface area contributed by atoms with E-state index in [0.717, 1.165) is 40.7 Å². The molecule has 3 rings (SSSR count). The Balaban J connectivity index is 2.06. The van der Waals surface area contributed by atoms with Crippen LogP contribution in [0.5, 0.6) is 0 Å². The van der Waals surface area contributed by atoms with Crippen LogP contribution in [-0.2, 0) is 4.79 Å². The van der Waals surface area contributed by atoms with Gasteiger partial charge >= 0.3 is 0 Å². The van der Waals surface area contributed by atoms with Crippen LogP contribution in [0.25, 0.3) is 11.0 Å². The quantitative estimate of drug-likeness (QED) is 0.869. The van der Waals surface area contributed by atoms with E-state index in [1.165, 1.54) is 0 Å². The molecule has 5 nitrogen and oxygen atoms in total. The number of hydrogen-bond acceptors (Lipinski definition) is 4. The highest BCUT2D eigenvalue weighted by Crippen LogP contribution is 2.25. The molecule has 19 heavy (non-hydrogen) atoms. The van der Waals surface area contributed by atoms with Gasteiger partial charge in [-0.3, -0.25) is 14.8 Å². The molecule has 0 atom stereocenters. The van der Waals surface area contributed by atoms with Gasteiger partial charge < -0.3 is 10.2 Å². The number of carbonyl (C=O) groups excluding carboxylic acids is 1. The molecule has 1 aliphatic heterocycles. The summed E-state index contributed by atoms with van der Waals surface area (Å²) < 4.78 is 0.901. The Morgan fingerprint density at radius 1 is 1.37 bits per heavy atom. The molecule has 2 aromatic rings. The molecule has 0 spiro atoms. The van der Waals surface area contributed by atoms with E-state index >= 15 is 0 Å². The van der Waals surface area contributed by atoms with Gasteiger partial charge in [0.25, 0.3) is 0 Å². The molecule has 3 heterocycles. The van der Waals surface area contributed by atoms with Crippen molar-refractivity contribution in [3.63, 3.8) is 0 Å². The first kappa shape index (κ1) is 12.3. The normalized spacial score (nSPS) is 16.3. The standard InChI is InChI=1S/C13H13BrN4O/c14-9-6-10-13(17-7-9)11(2-4-15-10)18-5-1-3-16-12(19)8-18/h2,4,6-7H,1,3,5,8H2,(H,16,19). The molecule has 0 aromatic carbocycles. The SMILES string of the molecule is O=C1CN(c2ccnc3cc(Br)cnc23)CCCN1. The van der Waals surface area contributed by atoms with Crippen LogP contribution < -0.4 is 10.2 Å². The van der Waals surface area contributed by atoms with Gasteiger partial charge in [-0.15, -0.1) is 0 Å². The fourth-order valence-electron chi connectivity index (χ4n) is 2.26. The first-order valence-corrected chi connectivity index (χ1v) is 6.95. The number of aromatic nitrogens is 2. The second kappa shape index (κ2) is 5.13. The molecule has 98 valence electrons. The number of fused-ring (bicyclic) bond motifs is 1. The Hall–Kier alpha value is -1.69. The predicted octanol–water partition coefficient (Wildman–Crippen LogP) is 1.72. The number of nitrogens with zero attached hydrogens (tertiary/aromatic N) is 3. The second-order valence-corrected chi connectivity index (χ2v) is 5.39. The van der Waals surface area contributed by atoms with Crippen LogP contribution in [0.3, 0.4) is 0 Å². The van der Waals surface area contributed by atoms with Crippen molar-refractivity contribution in [3.8, 4) is 0 Å². The van der Waals surface area contributed by atoms with Crippen molar-refractivity contribution in [1.82, 2.24) is 15.3 Å². The van der Waals surface area contributed by atoms with Gasteiger partial charge in [0.2, 0.25) is 5.91 Å². The van der Waals surface area contributed by atoms with Crippen molar-refractivity contribution in [2.75, 3.05) is 24.5 Å². The summed E-state index contributed by atoms with van der Waals surface area (Å²) in [5.41, 5.74) is 2.63. The molecule has 0 bridgehead atoms. The molecule has 0 saturated carbocycles. The Bertz CT molecular complexity index is 631. The first-order chi connectivity index (χ1) is 9.24. The molecule has 1 amide bonds. The van der Waals surface area contributed by atoms with E-state index in [1.54, 1.807) is 12.4 Å². The minimum Gasteiger partial charge on any atom is -0.360 e. The van der Waals surface area contributed by atoms with Gasteiger partial charge in [-0.05, 0) is 34.5 Å². The van der Waals surface area contributed by atoms with E-state index in [1.807, 2.05) is 12.1 Å². The first-order valence-electron chi connectivity index (χ1n) is 6.16. The number of pyridine rings is 2. The number of halogens is 1. The van der Waals surface area contributed by atoms with Crippen LogP contribution in [0.15, 0.2) is 29.0 Å². The minimum atomic E-state index is 0.0552. The Labute approximate surface area is 119 Å². The monoisotopic (exact) mass is 320 g/mol.